The quantitative estimate of drug-likeness (QED) is 0.602. The number of unbranched alkanes of at least 4 members (excludes halogenated alkanes) is 1. The average Bonchev–Trinajstić information content (AvgIpc) is 2.24. The van der Waals surface area contributed by atoms with E-state index in [2.05, 4.69) is 5.32 Å². The predicted molar refractivity (Wildman–Crippen MR) is 55.9 cm³/mol. The van der Waals surface area contributed by atoms with Crippen molar-refractivity contribution in [3.05, 3.63) is 29.6 Å². The van der Waals surface area contributed by atoms with Crippen molar-refractivity contribution in [3.8, 4) is 0 Å². The van der Waals surface area contributed by atoms with Gasteiger partial charge in [0.2, 0.25) is 0 Å². The highest BCUT2D eigenvalue weighted by molar-refractivity contribution is 5.45. The zero-order valence-electron chi connectivity index (χ0n) is 9.03. The van der Waals surface area contributed by atoms with Gasteiger partial charge < -0.3 is 10.1 Å². The number of methoxy groups -OCH3 is 1. The molecule has 0 aliphatic carbocycles. The van der Waals surface area contributed by atoms with Crippen LogP contribution in [-0.2, 0) is 4.74 Å². The van der Waals surface area contributed by atoms with E-state index in [1.54, 1.807) is 7.11 Å². The number of nitrogens with one attached hydrogen (secondary N) is 1. The Morgan fingerprint density at radius 1 is 1.19 bits per heavy atom. The van der Waals surface area contributed by atoms with Crippen LogP contribution in [-0.4, -0.2) is 20.3 Å². The molecule has 5 heteroatoms. The molecular weight excluding hydrogens is 219 g/mol. The summed E-state index contributed by atoms with van der Waals surface area (Å²) in [5, 5.41) is 2.64. The molecule has 0 atom stereocenters. The maximum absolute atomic E-state index is 13.1. The molecule has 0 saturated heterocycles. The molecule has 90 valence electrons. The van der Waals surface area contributed by atoms with Crippen LogP contribution in [0.15, 0.2) is 12.1 Å². The molecule has 0 heterocycles. The second-order valence-electron chi connectivity index (χ2n) is 3.38. The summed E-state index contributed by atoms with van der Waals surface area (Å²) in [6.07, 6.45) is 1.55. The van der Waals surface area contributed by atoms with Crippen LogP contribution in [0.4, 0.5) is 18.9 Å². The van der Waals surface area contributed by atoms with Gasteiger partial charge in [0.05, 0.1) is 5.69 Å². The molecule has 0 bridgehead atoms. The van der Waals surface area contributed by atoms with Crippen molar-refractivity contribution in [2.45, 2.75) is 12.8 Å². The summed E-state index contributed by atoms with van der Waals surface area (Å²) in [5.41, 5.74) is -0.144. The third-order valence-electron chi connectivity index (χ3n) is 2.08. The SMILES string of the molecule is COCCCCNc1cc(F)cc(F)c1F. The van der Waals surface area contributed by atoms with E-state index < -0.39 is 17.5 Å². The highest BCUT2D eigenvalue weighted by atomic mass is 19.2. The van der Waals surface area contributed by atoms with Gasteiger partial charge in [-0.2, -0.15) is 0 Å². The van der Waals surface area contributed by atoms with Gasteiger partial charge in [0.1, 0.15) is 5.82 Å². The molecule has 0 fully saturated rings. The number of hydrogen-bond acceptors (Lipinski definition) is 2. The zero-order chi connectivity index (χ0) is 12.0. The fraction of sp³-hybridized carbons (Fsp3) is 0.455. The summed E-state index contributed by atoms with van der Waals surface area (Å²) in [6.45, 7) is 1.06. The van der Waals surface area contributed by atoms with Crippen LogP contribution in [0.3, 0.4) is 0 Å². The summed E-state index contributed by atoms with van der Waals surface area (Å²) in [7, 11) is 1.59. The molecule has 1 rings (SSSR count). The van der Waals surface area contributed by atoms with Gasteiger partial charge in [-0.3, -0.25) is 0 Å². The largest absolute Gasteiger partial charge is 0.385 e. The molecule has 0 amide bonds. The topological polar surface area (TPSA) is 21.3 Å². The van der Waals surface area contributed by atoms with Crippen molar-refractivity contribution < 1.29 is 17.9 Å². The van der Waals surface area contributed by atoms with E-state index in [1.807, 2.05) is 0 Å². The molecule has 0 spiro atoms. The lowest BCUT2D eigenvalue weighted by atomic mass is 10.2. The number of hydrogen-bond donors (Lipinski definition) is 1. The van der Waals surface area contributed by atoms with Gasteiger partial charge in [-0.25, -0.2) is 13.2 Å². The first-order chi connectivity index (χ1) is 7.65. The molecule has 0 aromatic heterocycles. The Balaban J connectivity index is 2.47. The summed E-state index contributed by atoms with van der Waals surface area (Å²) in [5.74, 6) is -3.02. The first-order valence-corrected chi connectivity index (χ1v) is 5.02. The van der Waals surface area contributed by atoms with Crippen molar-refractivity contribution in [1.29, 1.82) is 0 Å². The van der Waals surface area contributed by atoms with Crippen molar-refractivity contribution >= 4 is 5.69 Å². The van der Waals surface area contributed by atoms with Crippen LogP contribution in [0.25, 0.3) is 0 Å². The van der Waals surface area contributed by atoms with E-state index in [0.29, 0.717) is 19.2 Å². The molecule has 0 saturated carbocycles. The minimum atomic E-state index is -1.18. The molecule has 1 aromatic carbocycles. The van der Waals surface area contributed by atoms with Gasteiger partial charge in [0.15, 0.2) is 11.6 Å². The van der Waals surface area contributed by atoms with E-state index in [-0.39, 0.29) is 5.69 Å². The monoisotopic (exact) mass is 233 g/mol. The highest BCUT2D eigenvalue weighted by Gasteiger charge is 2.10. The Morgan fingerprint density at radius 3 is 2.62 bits per heavy atom. The highest BCUT2D eigenvalue weighted by Crippen LogP contribution is 2.18. The van der Waals surface area contributed by atoms with Gasteiger partial charge >= 0.3 is 0 Å². The number of halogens is 3. The minimum absolute atomic E-state index is 0.144. The Hall–Kier alpha value is -1.23. The molecule has 16 heavy (non-hydrogen) atoms. The summed E-state index contributed by atoms with van der Waals surface area (Å²) in [4.78, 5) is 0. The van der Waals surface area contributed by atoms with Crippen LogP contribution in [0.1, 0.15) is 12.8 Å². The summed E-state index contributed by atoms with van der Waals surface area (Å²) in [6, 6.07) is 1.46. The van der Waals surface area contributed by atoms with Crippen LogP contribution in [0.2, 0.25) is 0 Å². The maximum atomic E-state index is 13.1. The molecule has 0 radical (unpaired) electrons. The van der Waals surface area contributed by atoms with Crippen LogP contribution < -0.4 is 5.32 Å². The third kappa shape index (κ3) is 3.73. The lowest BCUT2D eigenvalue weighted by Crippen LogP contribution is -2.06. The second-order valence-corrected chi connectivity index (χ2v) is 3.38. The lowest BCUT2D eigenvalue weighted by molar-refractivity contribution is 0.194. The smallest absolute Gasteiger partial charge is 0.182 e. The van der Waals surface area contributed by atoms with E-state index in [9.17, 15) is 13.2 Å². The lowest BCUT2D eigenvalue weighted by Gasteiger charge is -2.08. The van der Waals surface area contributed by atoms with E-state index in [0.717, 1.165) is 18.9 Å². The van der Waals surface area contributed by atoms with Crippen molar-refractivity contribution in [2.75, 3.05) is 25.6 Å². The molecule has 1 N–H and O–H groups in total. The molecule has 2 nitrogen and oxygen atoms in total. The molecule has 1 aromatic rings. The second kappa shape index (κ2) is 6.37. The Labute approximate surface area is 92.4 Å². The van der Waals surface area contributed by atoms with Gasteiger partial charge in [-0.1, -0.05) is 0 Å². The van der Waals surface area contributed by atoms with Gasteiger partial charge in [0.25, 0.3) is 0 Å². The summed E-state index contributed by atoms with van der Waals surface area (Å²) < 4.78 is 43.5. The fourth-order valence-corrected chi connectivity index (χ4v) is 1.28. The van der Waals surface area contributed by atoms with Crippen molar-refractivity contribution in [1.82, 2.24) is 0 Å². The standard InChI is InChI=1S/C11H14F3NO/c1-16-5-3-2-4-15-10-7-8(12)6-9(13)11(10)14/h6-7,15H,2-5H2,1H3. The minimum Gasteiger partial charge on any atom is -0.385 e. The normalized spacial score (nSPS) is 10.5. The van der Waals surface area contributed by atoms with Crippen molar-refractivity contribution in [2.24, 2.45) is 0 Å². The first kappa shape index (κ1) is 12.8. The number of rotatable bonds is 6. The summed E-state index contributed by atoms with van der Waals surface area (Å²) >= 11 is 0. The Kier molecular flexibility index (Phi) is 5.11. The van der Waals surface area contributed by atoms with Crippen LogP contribution in [0, 0.1) is 17.5 Å². The fourth-order valence-electron chi connectivity index (χ4n) is 1.28. The average molecular weight is 233 g/mol. The number of ether oxygens (including phenoxy) is 1. The van der Waals surface area contributed by atoms with E-state index in [4.69, 9.17) is 4.74 Å². The molecule has 0 aliphatic rings. The third-order valence-corrected chi connectivity index (χ3v) is 2.08. The zero-order valence-corrected chi connectivity index (χ0v) is 9.03. The van der Waals surface area contributed by atoms with Crippen molar-refractivity contribution in [3.63, 3.8) is 0 Å². The first-order valence-electron chi connectivity index (χ1n) is 5.02. The Bertz CT molecular complexity index is 344. The van der Waals surface area contributed by atoms with Gasteiger partial charge in [-0.05, 0) is 12.8 Å². The van der Waals surface area contributed by atoms with Gasteiger partial charge in [-0.15, -0.1) is 0 Å². The molecule has 0 aliphatic heterocycles. The van der Waals surface area contributed by atoms with Crippen LogP contribution in [0.5, 0.6) is 0 Å². The van der Waals surface area contributed by atoms with Gasteiger partial charge in [0, 0.05) is 32.4 Å². The number of benzene rings is 1. The Morgan fingerprint density at radius 2 is 1.94 bits per heavy atom. The van der Waals surface area contributed by atoms with Crippen LogP contribution >= 0.6 is 0 Å². The van der Waals surface area contributed by atoms with E-state index in [1.165, 1.54) is 0 Å². The van der Waals surface area contributed by atoms with E-state index >= 15 is 0 Å². The molecule has 0 unspecified atom stereocenters. The number of anilines is 1. The maximum Gasteiger partial charge on any atom is 0.182 e. The molecular formula is C11H14F3NO. The predicted octanol–water partition coefficient (Wildman–Crippen LogP) is 2.94.